The number of ether oxygens (including phenoxy) is 1. The zero-order valence-electron chi connectivity index (χ0n) is 14.8. The molecule has 6 heteroatoms. The average Bonchev–Trinajstić information content (AvgIpc) is 2.53. The van der Waals surface area contributed by atoms with Crippen LogP contribution in [0, 0.1) is 5.41 Å². The van der Waals surface area contributed by atoms with Gasteiger partial charge in [0.25, 0.3) is 0 Å². The Morgan fingerprint density at radius 3 is 2.60 bits per heavy atom. The van der Waals surface area contributed by atoms with E-state index in [0.29, 0.717) is 29.9 Å². The number of methoxy groups -OCH3 is 1. The molecule has 0 amide bonds. The maximum atomic E-state index is 12.6. The number of aliphatic hydroxyl groups is 1. The van der Waals surface area contributed by atoms with Crippen molar-refractivity contribution in [3.8, 4) is 0 Å². The zero-order chi connectivity index (χ0) is 18.6. The van der Waals surface area contributed by atoms with Crippen molar-refractivity contribution < 1.29 is 19.4 Å². The SMILES string of the molecule is COC(=O)CCC(O)=C1C(=O)CC(C)(C)CC1=Nc1ccccc1N. The summed E-state index contributed by atoms with van der Waals surface area (Å²) in [5.41, 5.74) is 7.45. The van der Waals surface area contributed by atoms with E-state index >= 15 is 0 Å². The van der Waals surface area contributed by atoms with Crippen LogP contribution in [0.1, 0.15) is 39.5 Å². The van der Waals surface area contributed by atoms with Crippen LogP contribution >= 0.6 is 0 Å². The minimum absolute atomic E-state index is 0.00324. The van der Waals surface area contributed by atoms with Crippen LogP contribution in [0.25, 0.3) is 0 Å². The van der Waals surface area contributed by atoms with Gasteiger partial charge in [-0.1, -0.05) is 26.0 Å². The normalized spacial score (nSPS) is 20.4. The third-order valence-corrected chi connectivity index (χ3v) is 4.13. The number of benzene rings is 1. The maximum absolute atomic E-state index is 12.6. The Balaban J connectivity index is 2.44. The third-order valence-electron chi connectivity index (χ3n) is 4.13. The number of hydrogen-bond donors (Lipinski definition) is 2. The van der Waals surface area contributed by atoms with Crippen LogP contribution in [0.15, 0.2) is 40.6 Å². The van der Waals surface area contributed by atoms with Gasteiger partial charge in [-0.25, -0.2) is 0 Å². The molecule has 0 radical (unpaired) electrons. The van der Waals surface area contributed by atoms with Gasteiger partial charge < -0.3 is 15.6 Å². The summed E-state index contributed by atoms with van der Waals surface area (Å²) < 4.78 is 4.58. The summed E-state index contributed by atoms with van der Waals surface area (Å²) >= 11 is 0. The molecule has 1 saturated carbocycles. The molecule has 134 valence electrons. The number of rotatable bonds is 4. The Labute approximate surface area is 147 Å². The summed E-state index contributed by atoms with van der Waals surface area (Å²) in [6.07, 6.45) is 0.888. The van der Waals surface area contributed by atoms with Crippen LogP contribution in [-0.4, -0.2) is 29.7 Å². The number of carbonyl (C=O) groups is 2. The number of Topliss-reactive ketones (excluding diaryl/α,β-unsaturated/α-hetero) is 1. The lowest BCUT2D eigenvalue weighted by atomic mass is 9.73. The highest BCUT2D eigenvalue weighted by Gasteiger charge is 2.36. The fourth-order valence-corrected chi connectivity index (χ4v) is 2.89. The number of nitrogen functional groups attached to an aromatic ring is 1. The minimum Gasteiger partial charge on any atom is -0.511 e. The smallest absolute Gasteiger partial charge is 0.305 e. The number of allylic oxidation sites excluding steroid dienone is 2. The molecular formula is C19H24N2O4. The molecule has 0 bridgehead atoms. The second kappa shape index (κ2) is 7.51. The van der Waals surface area contributed by atoms with Crippen LogP contribution in [-0.2, 0) is 14.3 Å². The second-order valence-corrected chi connectivity index (χ2v) is 6.96. The molecule has 1 aromatic carbocycles. The predicted octanol–water partition coefficient (Wildman–Crippen LogP) is 3.50. The summed E-state index contributed by atoms with van der Waals surface area (Å²) in [4.78, 5) is 28.5. The molecule has 0 heterocycles. The first-order chi connectivity index (χ1) is 11.7. The average molecular weight is 344 g/mol. The van der Waals surface area contributed by atoms with E-state index in [0.717, 1.165) is 0 Å². The van der Waals surface area contributed by atoms with E-state index in [1.54, 1.807) is 18.2 Å². The number of hydrogen-bond acceptors (Lipinski definition) is 6. The lowest BCUT2D eigenvalue weighted by Crippen LogP contribution is -2.32. The van der Waals surface area contributed by atoms with Gasteiger partial charge in [0.2, 0.25) is 0 Å². The van der Waals surface area contributed by atoms with Crippen LogP contribution in [0.3, 0.4) is 0 Å². The molecule has 1 fully saturated rings. The number of esters is 1. The number of aliphatic hydroxyl groups excluding tert-OH is 1. The third kappa shape index (κ3) is 4.68. The van der Waals surface area contributed by atoms with Gasteiger partial charge in [0.05, 0.1) is 36.2 Å². The molecule has 0 aromatic heterocycles. The minimum atomic E-state index is -0.443. The van der Waals surface area contributed by atoms with Crippen LogP contribution in [0.5, 0.6) is 0 Å². The quantitative estimate of drug-likeness (QED) is 0.377. The molecule has 1 aromatic rings. The second-order valence-electron chi connectivity index (χ2n) is 6.96. The number of anilines is 1. The maximum Gasteiger partial charge on any atom is 0.305 e. The summed E-state index contributed by atoms with van der Waals surface area (Å²) in [5.74, 6) is -0.743. The van der Waals surface area contributed by atoms with E-state index in [-0.39, 0.29) is 35.4 Å². The van der Waals surface area contributed by atoms with E-state index in [4.69, 9.17) is 5.73 Å². The fourth-order valence-electron chi connectivity index (χ4n) is 2.89. The van der Waals surface area contributed by atoms with Gasteiger partial charge in [-0.15, -0.1) is 0 Å². The number of nitrogens with two attached hydrogens (primary N) is 1. The van der Waals surface area contributed by atoms with Crippen molar-refractivity contribution in [3.63, 3.8) is 0 Å². The van der Waals surface area contributed by atoms with Gasteiger partial charge >= 0.3 is 5.97 Å². The number of para-hydroxylation sites is 2. The Morgan fingerprint density at radius 1 is 1.28 bits per heavy atom. The van der Waals surface area contributed by atoms with Crippen LogP contribution in [0.2, 0.25) is 0 Å². The standard InChI is InChI=1S/C19H24N2O4/c1-19(2)10-14(21-13-7-5-4-6-12(13)20)18(16(23)11-19)15(22)8-9-17(24)25-3/h4-7,22H,8-11,20H2,1-3H3. The van der Waals surface area contributed by atoms with Crippen molar-refractivity contribution in [1.82, 2.24) is 0 Å². The van der Waals surface area contributed by atoms with Gasteiger partial charge in [-0.05, 0) is 24.0 Å². The molecule has 0 saturated heterocycles. The lowest BCUT2D eigenvalue weighted by Gasteiger charge is -2.31. The highest BCUT2D eigenvalue weighted by atomic mass is 16.5. The van der Waals surface area contributed by atoms with Gasteiger partial charge in [0.1, 0.15) is 5.76 Å². The molecule has 2 rings (SSSR count). The zero-order valence-corrected chi connectivity index (χ0v) is 14.8. The molecule has 1 aliphatic rings. The molecule has 6 nitrogen and oxygen atoms in total. The fraction of sp³-hybridized carbons (Fsp3) is 0.421. The first-order valence-electron chi connectivity index (χ1n) is 8.18. The van der Waals surface area contributed by atoms with Crippen molar-refractivity contribution in [1.29, 1.82) is 0 Å². The highest BCUT2D eigenvalue weighted by molar-refractivity contribution is 6.25. The first-order valence-corrected chi connectivity index (χ1v) is 8.18. The van der Waals surface area contributed by atoms with Crippen molar-refractivity contribution >= 4 is 28.8 Å². The summed E-state index contributed by atoms with van der Waals surface area (Å²) in [7, 11) is 1.28. The van der Waals surface area contributed by atoms with E-state index in [2.05, 4.69) is 9.73 Å². The number of carbonyl (C=O) groups excluding carboxylic acids is 2. The molecule has 0 aliphatic heterocycles. The van der Waals surface area contributed by atoms with Gasteiger partial charge in [-0.3, -0.25) is 14.6 Å². The van der Waals surface area contributed by atoms with Crippen LogP contribution < -0.4 is 5.73 Å². The van der Waals surface area contributed by atoms with Gasteiger partial charge in [-0.2, -0.15) is 0 Å². The molecule has 25 heavy (non-hydrogen) atoms. The number of nitrogens with zero attached hydrogens (tertiary/aromatic N) is 1. The Morgan fingerprint density at radius 2 is 1.96 bits per heavy atom. The molecular weight excluding hydrogens is 320 g/mol. The van der Waals surface area contributed by atoms with Gasteiger partial charge in [0, 0.05) is 12.8 Å². The Bertz CT molecular complexity index is 748. The van der Waals surface area contributed by atoms with E-state index in [1.807, 2.05) is 19.9 Å². The summed E-state index contributed by atoms with van der Waals surface area (Å²) in [5, 5.41) is 10.4. The molecule has 0 atom stereocenters. The summed E-state index contributed by atoms with van der Waals surface area (Å²) in [6, 6.07) is 7.11. The molecule has 1 aliphatic carbocycles. The van der Waals surface area contributed by atoms with Crippen molar-refractivity contribution in [2.24, 2.45) is 10.4 Å². The summed E-state index contributed by atoms with van der Waals surface area (Å²) in [6.45, 7) is 3.97. The van der Waals surface area contributed by atoms with E-state index in [9.17, 15) is 14.7 Å². The Kier molecular flexibility index (Phi) is 5.62. The number of aliphatic imine (C=N–C) groups is 1. The lowest BCUT2D eigenvalue weighted by molar-refractivity contribution is -0.140. The number of ketones is 1. The van der Waals surface area contributed by atoms with Crippen LogP contribution in [0.4, 0.5) is 11.4 Å². The van der Waals surface area contributed by atoms with Crippen molar-refractivity contribution in [3.05, 3.63) is 35.6 Å². The predicted molar refractivity (Wildman–Crippen MR) is 96.9 cm³/mol. The van der Waals surface area contributed by atoms with Gasteiger partial charge in [0.15, 0.2) is 5.78 Å². The van der Waals surface area contributed by atoms with Crippen molar-refractivity contribution in [2.45, 2.75) is 39.5 Å². The molecule has 0 unspecified atom stereocenters. The highest BCUT2D eigenvalue weighted by Crippen LogP contribution is 2.37. The molecule has 0 spiro atoms. The largest absolute Gasteiger partial charge is 0.511 e. The first kappa shape index (κ1) is 18.7. The van der Waals surface area contributed by atoms with E-state index < -0.39 is 5.97 Å². The Hall–Kier alpha value is -2.63. The van der Waals surface area contributed by atoms with E-state index in [1.165, 1.54) is 7.11 Å². The monoisotopic (exact) mass is 344 g/mol. The molecule has 3 N–H and O–H groups in total. The topological polar surface area (TPSA) is 102 Å². The van der Waals surface area contributed by atoms with Crippen molar-refractivity contribution in [2.75, 3.05) is 12.8 Å².